The molecule has 1 aromatic carbocycles. The second-order valence-corrected chi connectivity index (χ2v) is 6.93. The summed E-state index contributed by atoms with van der Waals surface area (Å²) in [5.74, 6) is -1.19. The Kier molecular flexibility index (Phi) is 7.92. The molecule has 1 aromatic rings. The van der Waals surface area contributed by atoms with Gasteiger partial charge >= 0.3 is 5.97 Å². The monoisotopic (exact) mass is 335 g/mol. The van der Waals surface area contributed by atoms with E-state index in [4.69, 9.17) is 4.74 Å². The van der Waals surface area contributed by atoms with E-state index in [1.165, 1.54) is 0 Å². The number of carboxylic acid groups (broad SMARTS) is 1. The fourth-order valence-corrected chi connectivity index (χ4v) is 2.44. The van der Waals surface area contributed by atoms with E-state index in [1.54, 1.807) is 0 Å². The van der Waals surface area contributed by atoms with Crippen LogP contribution in [0.5, 0.6) is 0 Å². The van der Waals surface area contributed by atoms with Crippen LogP contribution < -0.4 is 5.32 Å². The standard InChI is InChI=1S/C19H29NO4/c1-5-14(15-9-7-6-8-10-15)13-17(21)20-16(18(22)23)11-12-24-19(2,3)4/h6-10,14,16H,5,11-13H2,1-4H3,(H,20,21)(H,22,23). The van der Waals surface area contributed by atoms with E-state index in [0.29, 0.717) is 0 Å². The van der Waals surface area contributed by atoms with Gasteiger partial charge in [0.1, 0.15) is 6.04 Å². The molecular formula is C19H29NO4. The highest BCUT2D eigenvalue weighted by Gasteiger charge is 2.23. The van der Waals surface area contributed by atoms with E-state index >= 15 is 0 Å². The molecule has 24 heavy (non-hydrogen) atoms. The lowest BCUT2D eigenvalue weighted by Gasteiger charge is -2.22. The van der Waals surface area contributed by atoms with Gasteiger partial charge < -0.3 is 15.2 Å². The maximum atomic E-state index is 12.2. The molecule has 0 saturated heterocycles. The van der Waals surface area contributed by atoms with Crippen LogP contribution in [0.1, 0.15) is 58.4 Å². The quantitative estimate of drug-likeness (QED) is 0.726. The third-order valence-electron chi connectivity index (χ3n) is 3.77. The Morgan fingerprint density at radius 2 is 1.83 bits per heavy atom. The first-order valence-electron chi connectivity index (χ1n) is 8.44. The van der Waals surface area contributed by atoms with Gasteiger partial charge in [-0.15, -0.1) is 0 Å². The summed E-state index contributed by atoms with van der Waals surface area (Å²) in [7, 11) is 0. The smallest absolute Gasteiger partial charge is 0.326 e. The maximum absolute atomic E-state index is 12.2. The van der Waals surface area contributed by atoms with Crippen molar-refractivity contribution in [3.63, 3.8) is 0 Å². The first-order chi connectivity index (χ1) is 11.2. The van der Waals surface area contributed by atoms with Gasteiger partial charge in [-0.1, -0.05) is 37.3 Å². The number of rotatable bonds is 9. The first-order valence-corrected chi connectivity index (χ1v) is 8.44. The van der Waals surface area contributed by atoms with Gasteiger partial charge in [0.15, 0.2) is 0 Å². The molecule has 1 amide bonds. The Bertz CT molecular complexity index is 522. The van der Waals surface area contributed by atoms with Crippen LogP contribution >= 0.6 is 0 Å². The number of carbonyl (C=O) groups excluding carboxylic acids is 1. The van der Waals surface area contributed by atoms with Crippen molar-refractivity contribution in [1.29, 1.82) is 0 Å². The van der Waals surface area contributed by atoms with Crippen molar-refractivity contribution in [1.82, 2.24) is 5.32 Å². The highest BCUT2D eigenvalue weighted by atomic mass is 16.5. The largest absolute Gasteiger partial charge is 0.480 e. The summed E-state index contributed by atoms with van der Waals surface area (Å²) in [5.41, 5.74) is 0.770. The second-order valence-electron chi connectivity index (χ2n) is 6.93. The zero-order valence-corrected chi connectivity index (χ0v) is 15.0. The molecule has 5 nitrogen and oxygen atoms in total. The topological polar surface area (TPSA) is 75.6 Å². The van der Waals surface area contributed by atoms with Gasteiger partial charge in [0.25, 0.3) is 0 Å². The van der Waals surface area contributed by atoms with Crippen molar-refractivity contribution in [2.24, 2.45) is 0 Å². The Balaban J connectivity index is 2.57. The molecule has 0 saturated carbocycles. The van der Waals surface area contributed by atoms with Crippen LogP contribution in [0.15, 0.2) is 30.3 Å². The minimum absolute atomic E-state index is 0.0893. The van der Waals surface area contributed by atoms with Gasteiger partial charge in [-0.05, 0) is 38.7 Å². The van der Waals surface area contributed by atoms with Crippen molar-refractivity contribution < 1.29 is 19.4 Å². The van der Waals surface area contributed by atoms with Gasteiger partial charge in [0.05, 0.1) is 5.60 Å². The number of carboxylic acids is 1. The molecule has 5 heteroatoms. The number of hydrogen-bond donors (Lipinski definition) is 2. The predicted octanol–water partition coefficient (Wildman–Crippen LogP) is 3.34. The molecule has 0 radical (unpaired) electrons. The number of nitrogens with one attached hydrogen (secondary N) is 1. The molecule has 134 valence electrons. The lowest BCUT2D eigenvalue weighted by molar-refractivity contribution is -0.142. The lowest BCUT2D eigenvalue weighted by Crippen LogP contribution is -2.42. The van der Waals surface area contributed by atoms with E-state index < -0.39 is 12.0 Å². The van der Waals surface area contributed by atoms with Gasteiger partial charge in [0.2, 0.25) is 5.91 Å². The SMILES string of the molecule is CCC(CC(=O)NC(CCOC(C)(C)C)C(=O)O)c1ccccc1. The zero-order valence-electron chi connectivity index (χ0n) is 15.0. The molecule has 2 N–H and O–H groups in total. The molecule has 0 bridgehead atoms. The highest BCUT2D eigenvalue weighted by molar-refractivity contribution is 5.83. The van der Waals surface area contributed by atoms with E-state index in [2.05, 4.69) is 5.32 Å². The van der Waals surface area contributed by atoms with Gasteiger partial charge in [-0.25, -0.2) is 4.79 Å². The van der Waals surface area contributed by atoms with Crippen LogP contribution in [-0.2, 0) is 14.3 Å². The van der Waals surface area contributed by atoms with Crippen molar-refractivity contribution >= 4 is 11.9 Å². The van der Waals surface area contributed by atoms with Crippen LogP contribution in [-0.4, -0.2) is 35.2 Å². The average Bonchev–Trinajstić information content (AvgIpc) is 2.51. The lowest BCUT2D eigenvalue weighted by atomic mass is 9.93. The highest BCUT2D eigenvalue weighted by Crippen LogP contribution is 2.22. The molecular weight excluding hydrogens is 306 g/mol. The molecule has 1 rings (SSSR count). The number of carbonyl (C=O) groups is 2. The number of hydrogen-bond acceptors (Lipinski definition) is 3. The summed E-state index contributed by atoms with van der Waals surface area (Å²) in [6.45, 7) is 8.04. The summed E-state index contributed by atoms with van der Waals surface area (Å²) in [6.07, 6.45) is 1.35. The van der Waals surface area contributed by atoms with Crippen molar-refractivity contribution in [3.05, 3.63) is 35.9 Å². The first kappa shape index (κ1) is 20.2. The summed E-state index contributed by atoms with van der Waals surface area (Å²) < 4.78 is 5.55. The van der Waals surface area contributed by atoms with Crippen LogP contribution in [0.4, 0.5) is 0 Å². The normalized spacial score (nSPS) is 14.0. The van der Waals surface area contributed by atoms with Crippen molar-refractivity contribution in [3.8, 4) is 0 Å². The molecule has 0 heterocycles. The number of amides is 1. The summed E-state index contributed by atoms with van der Waals surface area (Å²) in [5, 5.41) is 11.9. The van der Waals surface area contributed by atoms with E-state index in [-0.39, 0.29) is 36.9 Å². The fourth-order valence-electron chi connectivity index (χ4n) is 2.44. The molecule has 2 atom stereocenters. The van der Waals surface area contributed by atoms with Crippen LogP contribution in [0.25, 0.3) is 0 Å². The summed E-state index contributed by atoms with van der Waals surface area (Å²) in [6, 6.07) is 8.89. The number of aliphatic carboxylic acids is 1. The third-order valence-corrected chi connectivity index (χ3v) is 3.77. The summed E-state index contributed by atoms with van der Waals surface area (Å²) in [4.78, 5) is 23.6. The molecule has 0 aliphatic carbocycles. The molecule has 0 aliphatic heterocycles. The predicted molar refractivity (Wildman–Crippen MR) is 94.0 cm³/mol. The number of benzene rings is 1. The van der Waals surface area contributed by atoms with E-state index in [0.717, 1.165) is 12.0 Å². The Morgan fingerprint density at radius 1 is 1.21 bits per heavy atom. The van der Waals surface area contributed by atoms with Gasteiger partial charge in [-0.2, -0.15) is 0 Å². The Hall–Kier alpha value is -1.88. The zero-order chi connectivity index (χ0) is 18.2. The maximum Gasteiger partial charge on any atom is 0.326 e. The average molecular weight is 335 g/mol. The summed E-state index contributed by atoms with van der Waals surface area (Å²) >= 11 is 0. The minimum Gasteiger partial charge on any atom is -0.480 e. The second kappa shape index (κ2) is 9.42. The molecule has 0 aromatic heterocycles. The molecule has 0 aliphatic rings. The van der Waals surface area contributed by atoms with Crippen LogP contribution in [0.2, 0.25) is 0 Å². The Morgan fingerprint density at radius 3 is 2.33 bits per heavy atom. The van der Waals surface area contributed by atoms with E-state index in [9.17, 15) is 14.7 Å². The Labute approximate surface area is 144 Å². The van der Waals surface area contributed by atoms with Crippen LogP contribution in [0.3, 0.4) is 0 Å². The molecule has 2 unspecified atom stereocenters. The third kappa shape index (κ3) is 7.59. The van der Waals surface area contributed by atoms with Crippen LogP contribution in [0, 0.1) is 0 Å². The fraction of sp³-hybridized carbons (Fsp3) is 0.579. The van der Waals surface area contributed by atoms with E-state index in [1.807, 2.05) is 58.0 Å². The van der Waals surface area contributed by atoms with Gasteiger partial charge in [0, 0.05) is 19.4 Å². The minimum atomic E-state index is -1.03. The number of ether oxygens (including phenoxy) is 1. The van der Waals surface area contributed by atoms with Gasteiger partial charge in [-0.3, -0.25) is 4.79 Å². The van der Waals surface area contributed by atoms with Crippen molar-refractivity contribution in [2.45, 2.75) is 64.5 Å². The van der Waals surface area contributed by atoms with Crippen molar-refractivity contribution in [2.75, 3.05) is 6.61 Å². The molecule has 0 fully saturated rings. The molecule has 0 spiro atoms.